The van der Waals surface area contributed by atoms with Gasteiger partial charge in [0.1, 0.15) is 12.2 Å². The summed E-state index contributed by atoms with van der Waals surface area (Å²) in [4.78, 5) is 62.6. The van der Waals surface area contributed by atoms with E-state index in [1.807, 2.05) is 17.9 Å². The molecule has 3 aliphatic heterocycles. The number of aryl methyl sites for hydroxylation is 2. The molecule has 0 aliphatic carbocycles. The Balaban J connectivity index is 0.0000119. The van der Waals surface area contributed by atoms with Crippen molar-refractivity contribution in [1.82, 2.24) is 14.9 Å². The van der Waals surface area contributed by atoms with Crippen LogP contribution in [0.1, 0.15) is 235 Å². The van der Waals surface area contributed by atoms with Gasteiger partial charge in [-0.25, -0.2) is 9.97 Å². The number of fused-ring (bicyclic) bond motifs is 8. The molecule has 8 bridgehead atoms. The van der Waals surface area contributed by atoms with Crippen LogP contribution in [-0.2, 0) is 36.7 Å². The van der Waals surface area contributed by atoms with Gasteiger partial charge in [0.2, 0.25) is 22.8 Å². The Morgan fingerprint density at radius 3 is 2.00 bits per heavy atom. The topological polar surface area (TPSA) is 129 Å². The SMILES string of the molecule is C=CC1=C(C)c2cc3[n-]c(c(CC(=O)OC)c4[nH+]c(cc5[n-]c(cc1[nH+]2)c(C)c5CC)C(C)=C4C(=O)N(CCCC)CCCC)C(CCC(=O)OCC=C(C)CCCC(C)CCCC(C)CCCC(C)C)C3C.[Mg+2]. The molecule has 5 rings (SSSR count). The number of rotatable bonds is 28. The Bertz CT molecular complexity index is 2550. The Kier molecular flexibility index (Phi) is 25.4. The zero-order valence-electron chi connectivity index (χ0n) is 48.2. The maximum atomic E-state index is 15.2. The van der Waals surface area contributed by atoms with E-state index in [-0.39, 0.29) is 66.2 Å². The van der Waals surface area contributed by atoms with Crippen molar-refractivity contribution < 1.29 is 33.8 Å². The third-order valence-corrected chi connectivity index (χ3v) is 15.8. The minimum absolute atomic E-state index is 0. The van der Waals surface area contributed by atoms with Crippen LogP contribution < -0.4 is 19.9 Å². The van der Waals surface area contributed by atoms with Gasteiger partial charge in [-0.1, -0.05) is 143 Å². The number of carbonyl (C=O) groups is 3. The summed E-state index contributed by atoms with van der Waals surface area (Å²) in [6.07, 6.45) is 20.1. The first-order chi connectivity index (χ1) is 35.0. The summed E-state index contributed by atoms with van der Waals surface area (Å²) in [6, 6.07) is 6.24. The summed E-state index contributed by atoms with van der Waals surface area (Å²) >= 11 is 0. The molecule has 1 amide bonds. The molecule has 0 saturated heterocycles. The average molecular weight is 1020 g/mol. The van der Waals surface area contributed by atoms with E-state index in [4.69, 9.17) is 19.4 Å². The van der Waals surface area contributed by atoms with Crippen LogP contribution in [0.2, 0.25) is 0 Å². The van der Waals surface area contributed by atoms with Crippen LogP contribution in [-0.4, -0.2) is 72.6 Å². The van der Waals surface area contributed by atoms with E-state index in [9.17, 15) is 9.59 Å². The number of amides is 1. The number of esters is 2. The largest absolute Gasteiger partial charge is 2.00 e. The van der Waals surface area contributed by atoms with Crippen LogP contribution in [0.4, 0.5) is 0 Å². The standard InChI is InChI=1S/C63H92N5O5.Mg/c1-15-19-33-68(34-20-16-2)63(71)60-47(13)55-39-57-49(18-4)45(11)53(65-57)38-56-48(17-3)44(10)52(64-56)37-54-46(12)50(61(66-54)51(62(60)67-55)36-59(70)72-14)30-31-58(69)73-35-32-43(9)29-23-28-42(8)27-22-26-41(7)25-21-24-40(5)6;/h17,32,37-42,46,50H,3,15-16,18-31,33-36H2,1-2,4-14H3,(H-,64,65,66,67,71);/q-1;+2/p+1. The summed E-state index contributed by atoms with van der Waals surface area (Å²) in [7, 11) is 1.39. The van der Waals surface area contributed by atoms with Gasteiger partial charge in [-0.05, 0) is 120 Å². The predicted octanol–water partition coefficient (Wildman–Crippen LogP) is 13.4. The van der Waals surface area contributed by atoms with Crippen LogP contribution in [0.15, 0.2) is 42.5 Å². The molecular weight excluding hydrogens is 931 g/mol. The molecule has 2 N–H and O–H groups in total. The van der Waals surface area contributed by atoms with Crippen molar-refractivity contribution in [2.75, 3.05) is 26.8 Å². The summed E-state index contributed by atoms with van der Waals surface area (Å²) in [5, 5.41) is 0. The van der Waals surface area contributed by atoms with Gasteiger partial charge in [0.15, 0.2) is 0 Å². The minimum atomic E-state index is -0.447. The van der Waals surface area contributed by atoms with Crippen molar-refractivity contribution in [3.8, 4) is 0 Å². The quantitative estimate of drug-likeness (QED) is 0.0471. The molecule has 4 unspecified atom stereocenters. The molecule has 0 spiro atoms. The zero-order valence-corrected chi connectivity index (χ0v) is 49.6. The molecular formula is C63H93MgN5O5+2. The Labute approximate surface area is 462 Å². The van der Waals surface area contributed by atoms with Crippen molar-refractivity contribution in [1.29, 1.82) is 0 Å². The molecule has 11 heteroatoms. The summed E-state index contributed by atoms with van der Waals surface area (Å²) in [6.45, 7) is 32.0. The molecule has 400 valence electrons. The summed E-state index contributed by atoms with van der Waals surface area (Å²) in [5.74, 6) is 1.07. The van der Waals surface area contributed by atoms with Gasteiger partial charge in [0, 0.05) is 36.2 Å². The van der Waals surface area contributed by atoms with Crippen molar-refractivity contribution in [3.05, 3.63) is 93.4 Å². The van der Waals surface area contributed by atoms with E-state index >= 15 is 4.79 Å². The Morgan fingerprint density at radius 2 is 1.39 bits per heavy atom. The number of carbonyl (C=O) groups excluding carboxylic acids is 3. The fourth-order valence-corrected chi connectivity index (χ4v) is 10.9. The Morgan fingerprint density at radius 1 is 0.770 bits per heavy atom. The maximum Gasteiger partial charge on any atom is 2.00 e. The Hall–Kier alpha value is -4.48. The predicted molar refractivity (Wildman–Crippen MR) is 305 cm³/mol. The smallest absolute Gasteiger partial charge is 0.664 e. The van der Waals surface area contributed by atoms with E-state index in [1.54, 1.807) is 0 Å². The van der Waals surface area contributed by atoms with Gasteiger partial charge in [-0.2, -0.15) is 0 Å². The second-order valence-corrected chi connectivity index (χ2v) is 22.1. The first kappa shape index (κ1) is 62.1. The number of nitrogens with one attached hydrogen (secondary N) is 2. The molecule has 0 saturated carbocycles. The van der Waals surface area contributed by atoms with Crippen LogP contribution in [0.3, 0.4) is 0 Å². The van der Waals surface area contributed by atoms with E-state index in [0.717, 1.165) is 118 Å². The average Bonchev–Trinajstić information content (AvgIpc) is 4.04. The second-order valence-electron chi connectivity index (χ2n) is 22.1. The van der Waals surface area contributed by atoms with Gasteiger partial charge >= 0.3 is 35.0 Å². The number of ether oxygens (including phenoxy) is 2. The molecule has 2 aromatic rings. The number of aromatic nitrogens is 4. The maximum absolute atomic E-state index is 15.2. The van der Waals surface area contributed by atoms with Crippen molar-refractivity contribution >= 4 is 74.2 Å². The molecule has 3 aliphatic rings. The molecule has 0 fully saturated rings. The fraction of sp³-hybridized carbons (Fsp3) is 0.603. The van der Waals surface area contributed by atoms with Gasteiger partial charge < -0.3 is 24.3 Å². The fourth-order valence-electron chi connectivity index (χ4n) is 10.9. The molecule has 0 radical (unpaired) electrons. The number of aromatic amines is 2. The monoisotopic (exact) mass is 1020 g/mol. The van der Waals surface area contributed by atoms with Crippen LogP contribution >= 0.6 is 0 Å². The third kappa shape index (κ3) is 16.5. The molecule has 5 heterocycles. The number of H-pyrrole nitrogens is 2. The van der Waals surface area contributed by atoms with Crippen LogP contribution in [0, 0.1) is 24.7 Å². The number of methoxy groups -OCH3 is 1. The summed E-state index contributed by atoms with van der Waals surface area (Å²) < 4.78 is 11.3. The van der Waals surface area contributed by atoms with Gasteiger partial charge in [-0.3, -0.25) is 14.4 Å². The van der Waals surface area contributed by atoms with Gasteiger partial charge in [0.25, 0.3) is 5.91 Å². The number of hydrogen-bond donors (Lipinski definition) is 0. The molecule has 0 aromatic carbocycles. The normalized spacial score (nSPS) is 16.0. The molecule has 2 aromatic heterocycles. The van der Waals surface area contributed by atoms with Crippen molar-refractivity contribution in [2.45, 2.75) is 204 Å². The van der Waals surface area contributed by atoms with Gasteiger partial charge in [-0.15, -0.1) is 22.4 Å². The number of nitrogens with zero attached hydrogens (tertiary/aromatic N) is 3. The number of hydrogen-bond acceptors (Lipinski definition) is 5. The van der Waals surface area contributed by atoms with Crippen LogP contribution in [0.5, 0.6) is 0 Å². The van der Waals surface area contributed by atoms with Gasteiger partial charge in [0.05, 0.1) is 19.1 Å². The molecule has 10 nitrogen and oxygen atoms in total. The molecule has 74 heavy (non-hydrogen) atoms. The number of unbranched alkanes of at least 4 members (excludes halogenated alkanes) is 2. The zero-order chi connectivity index (χ0) is 53.4. The van der Waals surface area contributed by atoms with Crippen molar-refractivity contribution in [2.24, 2.45) is 17.8 Å². The minimum Gasteiger partial charge on any atom is -0.664 e. The van der Waals surface area contributed by atoms with Crippen LogP contribution in [0.25, 0.3) is 33.3 Å². The van der Waals surface area contributed by atoms with E-state index in [0.29, 0.717) is 48.0 Å². The van der Waals surface area contributed by atoms with E-state index < -0.39 is 5.97 Å². The van der Waals surface area contributed by atoms with E-state index in [1.165, 1.54) is 57.6 Å². The van der Waals surface area contributed by atoms with E-state index in [2.05, 4.69) is 117 Å². The first-order valence-electron chi connectivity index (χ1n) is 28.2. The third-order valence-electron chi connectivity index (χ3n) is 15.8. The second kappa shape index (κ2) is 30.3. The summed E-state index contributed by atoms with van der Waals surface area (Å²) in [5.41, 5.74) is 13.6. The number of allylic oxidation sites excluding steroid dienone is 5. The van der Waals surface area contributed by atoms with Crippen molar-refractivity contribution in [3.63, 3.8) is 0 Å². The first-order valence-corrected chi connectivity index (χ1v) is 28.2. The molecule has 4 atom stereocenters.